The van der Waals surface area contributed by atoms with Crippen molar-refractivity contribution in [2.75, 3.05) is 25.2 Å². The quantitative estimate of drug-likeness (QED) is 0.0945. The molecule has 280 valence electrons. The van der Waals surface area contributed by atoms with E-state index in [1.165, 1.54) is 39.2 Å². The highest BCUT2D eigenvalue weighted by molar-refractivity contribution is 7.93. The summed E-state index contributed by atoms with van der Waals surface area (Å²) >= 11 is 0.913. The Balaban J connectivity index is 1.94. The number of primary sulfonamides is 1. The number of hydrogen-bond donors (Lipinski definition) is 2. The summed E-state index contributed by atoms with van der Waals surface area (Å²) in [6.45, 7) is 1.66. The number of sulfone groups is 1. The van der Waals surface area contributed by atoms with Gasteiger partial charge in [-0.1, -0.05) is 90.0 Å². The van der Waals surface area contributed by atoms with Crippen LogP contribution in [0.3, 0.4) is 0 Å². The third kappa shape index (κ3) is 12.4. The minimum Gasteiger partial charge on any atom is -0.481 e. The molecule has 0 aliphatic rings. The van der Waals surface area contributed by atoms with Gasteiger partial charge in [-0.15, -0.1) is 11.3 Å². The van der Waals surface area contributed by atoms with Crippen LogP contribution in [-0.2, 0) is 29.4 Å². The molecule has 3 N–H and O–H groups in total. The van der Waals surface area contributed by atoms with Gasteiger partial charge in [-0.3, -0.25) is 4.79 Å². The highest BCUT2D eigenvalue weighted by Gasteiger charge is 2.54. The van der Waals surface area contributed by atoms with Gasteiger partial charge >= 0.3 is 6.18 Å². The average Bonchev–Trinajstić information content (AvgIpc) is 3.48. The molecule has 0 spiro atoms. The number of benzene rings is 1. The lowest BCUT2D eigenvalue weighted by atomic mass is 9.98. The van der Waals surface area contributed by atoms with Crippen molar-refractivity contribution in [2.24, 2.45) is 5.14 Å². The third-order valence-electron chi connectivity index (χ3n) is 8.62. The van der Waals surface area contributed by atoms with Crippen LogP contribution in [0.25, 0.3) is 21.3 Å². The molecule has 0 fully saturated rings. The van der Waals surface area contributed by atoms with E-state index < -0.39 is 61.2 Å². The molecule has 0 radical (unpaired) electrons. The van der Waals surface area contributed by atoms with Gasteiger partial charge in [0.05, 0.1) is 35.3 Å². The number of nitrogens with zero attached hydrogens (tertiary/aromatic N) is 2. The summed E-state index contributed by atoms with van der Waals surface area (Å²) in [7, 11) is -7.41. The number of methoxy groups -OCH3 is 1. The monoisotopic (exact) mass is 762 g/mol. The molecule has 0 aliphatic carbocycles. The molecule has 1 amide bonds. The number of carbonyl (C=O) groups excluding carboxylic acids is 1. The second-order valence-corrected chi connectivity index (χ2v) is 17.7. The predicted octanol–water partition coefficient (Wildman–Crippen LogP) is 7.43. The molecule has 16 heteroatoms. The zero-order valence-corrected chi connectivity index (χ0v) is 31.2. The minimum absolute atomic E-state index is 0.171. The summed E-state index contributed by atoms with van der Waals surface area (Å²) in [6.07, 6.45) is 6.61. The summed E-state index contributed by atoms with van der Waals surface area (Å²) in [6, 6.07) is 8.61. The van der Waals surface area contributed by atoms with E-state index in [1.54, 1.807) is 36.5 Å². The molecule has 0 saturated heterocycles. The van der Waals surface area contributed by atoms with Crippen LogP contribution in [0.4, 0.5) is 13.2 Å². The summed E-state index contributed by atoms with van der Waals surface area (Å²) < 4.78 is 94.9. The molecule has 0 saturated carbocycles. The number of fused-ring (bicyclic) bond motifs is 1. The van der Waals surface area contributed by atoms with Gasteiger partial charge < -0.3 is 10.1 Å². The van der Waals surface area contributed by atoms with Crippen LogP contribution in [0.5, 0.6) is 5.88 Å². The second-order valence-electron chi connectivity index (χ2n) is 12.6. The van der Waals surface area contributed by atoms with Crippen LogP contribution in [0.15, 0.2) is 36.5 Å². The standard InChI is InChI=1S/C34H49F3N4O6S3/c1-3-4-5-6-7-8-9-10-11-12-13-14-18-33(31(42)40-21-23-50(38,45)46,49(43,44)22-19-34(35,36)37)32-41-28-16-15-26(24-29(28)48-32)27-17-20-39-30(25-27)47-2/h15-17,20,24-25H,3-14,18-19,21-23H2,1-2H3,(H,40,42)(H2,38,45,46). The van der Waals surface area contributed by atoms with E-state index >= 15 is 0 Å². The molecule has 0 bridgehead atoms. The first-order valence-electron chi connectivity index (χ1n) is 17.1. The molecule has 1 unspecified atom stereocenters. The number of halogens is 3. The zero-order valence-electron chi connectivity index (χ0n) is 28.8. The van der Waals surface area contributed by atoms with E-state index in [0.29, 0.717) is 22.5 Å². The molecule has 10 nitrogen and oxygen atoms in total. The maximum absolute atomic E-state index is 14.1. The molecule has 3 rings (SSSR count). The maximum Gasteiger partial charge on any atom is 0.390 e. The lowest BCUT2D eigenvalue weighted by Crippen LogP contribution is -2.52. The smallest absolute Gasteiger partial charge is 0.390 e. The maximum atomic E-state index is 14.1. The number of unbranched alkanes of at least 4 members (excludes halogenated alkanes) is 11. The van der Waals surface area contributed by atoms with E-state index in [4.69, 9.17) is 9.88 Å². The Morgan fingerprint density at radius 2 is 1.46 bits per heavy atom. The predicted molar refractivity (Wildman–Crippen MR) is 192 cm³/mol. The first kappa shape index (κ1) is 41.6. The van der Waals surface area contributed by atoms with Crippen molar-refractivity contribution in [1.29, 1.82) is 0 Å². The number of ether oxygens (including phenoxy) is 1. The van der Waals surface area contributed by atoms with Gasteiger partial charge in [0, 0.05) is 18.8 Å². The van der Waals surface area contributed by atoms with Gasteiger partial charge in [0.25, 0.3) is 0 Å². The molecular formula is C34H49F3N4O6S3. The SMILES string of the molecule is CCCCCCCCCCCCCCC(C(=O)NCCS(N)(=O)=O)(c1nc2ccc(-c3ccnc(OC)c3)cc2s1)S(=O)(=O)CCC(F)(F)F. The Labute approximate surface area is 297 Å². The van der Waals surface area contributed by atoms with Crippen LogP contribution in [0.2, 0.25) is 0 Å². The summed E-state index contributed by atoms with van der Waals surface area (Å²) in [4.78, 5) is 22.7. The number of rotatable bonds is 23. The Morgan fingerprint density at radius 3 is 2.04 bits per heavy atom. The second kappa shape index (κ2) is 19.1. The first-order valence-corrected chi connectivity index (χ1v) is 21.3. The fraction of sp³-hybridized carbons (Fsp3) is 0.618. The number of alkyl halides is 3. The molecular weight excluding hydrogens is 714 g/mol. The van der Waals surface area contributed by atoms with E-state index in [0.717, 1.165) is 54.6 Å². The van der Waals surface area contributed by atoms with Crippen molar-refractivity contribution in [3.05, 3.63) is 41.5 Å². The number of pyridine rings is 1. The topological polar surface area (TPSA) is 158 Å². The molecule has 50 heavy (non-hydrogen) atoms. The van der Waals surface area contributed by atoms with Crippen molar-refractivity contribution in [1.82, 2.24) is 15.3 Å². The van der Waals surface area contributed by atoms with E-state index in [1.807, 2.05) is 0 Å². The van der Waals surface area contributed by atoms with Gasteiger partial charge in [0.1, 0.15) is 5.01 Å². The van der Waals surface area contributed by atoms with Crippen molar-refractivity contribution in [3.8, 4) is 17.0 Å². The third-order valence-corrected chi connectivity index (χ3v) is 13.1. The van der Waals surface area contributed by atoms with Crippen molar-refractivity contribution >= 4 is 47.3 Å². The first-order chi connectivity index (χ1) is 23.6. The largest absolute Gasteiger partial charge is 0.481 e. The van der Waals surface area contributed by atoms with Crippen LogP contribution in [0, 0.1) is 0 Å². The molecule has 2 aromatic heterocycles. The Morgan fingerprint density at radius 1 is 0.860 bits per heavy atom. The van der Waals surface area contributed by atoms with E-state index in [2.05, 4.69) is 22.2 Å². The molecule has 1 atom stereocenters. The fourth-order valence-corrected chi connectivity index (χ4v) is 9.79. The summed E-state index contributed by atoms with van der Waals surface area (Å²) in [5.74, 6) is -2.77. The fourth-order valence-electron chi connectivity index (χ4n) is 5.81. The van der Waals surface area contributed by atoms with Gasteiger partial charge in [-0.25, -0.2) is 31.9 Å². The van der Waals surface area contributed by atoms with Gasteiger partial charge in [0.2, 0.25) is 26.6 Å². The molecule has 1 aromatic carbocycles. The number of aromatic nitrogens is 2. The van der Waals surface area contributed by atoms with Gasteiger partial charge in [0.15, 0.2) is 9.84 Å². The number of amides is 1. The van der Waals surface area contributed by atoms with Crippen molar-refractivity contribution in [2.45, 2.75) is 108 Å². The lowest BCUT2D eigenvalue weighted by molar-refractivity contribution is -0.130. The summed E-state index contributed by atoms with van der Waals surface area (Å²) in [5, 5.41) is 7.28. The van der Waals surface area contributed by atoms with Crippen LogP contribution in [0.1, 0.15) is 102 Å². The number of thiazole rings is 1. The van der Waals surface area contributed by atoms with Crippen molar-refractivity contribution < 1.29 is 39.5 Å². The number of sulfonamides is 1. The lowest BCUT2D eigenvalue weighted by Gasteiger charge is -2.30. The number of carbonyl (C=O) groups is 1. The highest BCUT2D eigenvalue weighted by atomic mass is 32.2. The minimum atomic E-state index is -4.86. The van der Waals surface area contributed by atoms with Crippen LogP contribution < -0.4 is 15.2 Å². The van der Waals surface area contributed by atoms with Crippen LogP contribution >= 0.6 is 11.3 Å². The molecule has 0 aliphatic heterocycles. The van der Waals surface area contributed by atoms with E-state index in [-0.39, 0.29) is 17.8 Å². The van der Waals surface area contributed by atoms with E-state index in [9.17, 15) is 34.8 Å². The van der Waals surface area contributed by atoms with Gasteiger partial charge in [-0.05, 0) is 35.7 Å². The zero-order chi connectivity index (χ0) is 36.8. The average molecular weight is 763 g/mol. The Hall–Kier alpha value is -2.82. The Kier molecular flexibility index (Phi) is 15.9. The number of nitrogens with one attached hydrogen (secondary N) is 1. The highest BCUT2D eigenvalue weighted by Crippen LogP contribution is 2.43. The normalized spacial score (nSPS) is 13.7. The van der Waals surface area contributed by atoms with Gasteiger partial charge in [-0.2, -0.15) is 13.2 Å². The Bertz CT molecular complexity index is 1750. The molecule has 2 heterocycles. The number of hydrogen-bond acceptors (Lipinski definition) is 9. The van der Waals surface area contributed by atoms with Crippen molar-refractivity contribution in [3.63, 3.8) is 0 Å². The number of nitrogens with two attached hydrogens (primary N) is 1. The summed E-state index contributed by atoms with van der Waals surface area (Å²) in [5.41, 5.74) is 1.82. The molecule has 3 aromatic rings. The van der Waals surface area contributed by atoms with Crippen LogP contribution in [-0.4, -0.2) is 64.0 Å².